The third-order valence-corrected chi connectivity index (χ3v) is 11.4. The number of likely N-dealkylation sites (tertiary alicyclic amines) is 1. The molecule has 13 nitrogen and oxygen atoms in total. The summed E-state index contributed by atoms with van der Waals surface area (Å²) in [5.41, 5.74) is 1.26. The lowest BCUT2D eigenvalue weighted by Gasteiger charge is -2.41. The molecular formula is C27H31N7O6S2. The van der Waals surface area contributed by atoms with E-state index in [-0.39, 0.29) is 35.5 Å². The maximum atomic E-state index is 14.1. The van der Waals surface area contributed by atoms with E-state index in [1.54, 1.807) is 42.3 Å². The fraction of sp³-hybridized carbons (Fsp3) is 0.407. The fourth-order valence-corrected chi connectivity index (χ4v) is 8.80. The lowest BCUT2D eigenvalue weighted by molar-refractivity contribution is 0.101. The van der Waals surface area contributed by atoms with E-state index < -0.39 is 32.2 Å². The van der Waals surface area contributed by atoms with Crippen LogP contribution in [0.15, 0.2) is 65.2 Å². The Kier molecular flexibility index (Phi) is 8.22. The normalized spacial score (nSPS) is 18.0. The highest BCUT2D eigenvalue weighted by Crippen LogP contribution is 2.36. The molecular weight excluding hydrogens is 582 g/mol. The zero-order chi connectivity index (χ0) is 30.1. The molecule has 4 heterocycles. The molecule has 0 radical (unpaired) electrons. The first-order valence-electron chi connectivity index (χ1n) is 13.3. The van der Waals surface area contributed by atoms with E-state index in [0.717, 1.165) is 0 Å². The zero-order valence-corrected chi connectivity index (χ0v) is 24.8. The van der Waals surface area contributed by atoms with Crippen molar-refractivity contribution in [1.29, 1.82) is 5.26 Å². The third-order valence-electron chi connectivity index (χ3n) is 7.74. The maximum absolute atomic E-state index is 14.1. The van der Waals surface area contributed by atoms with Crippen LogP contribution in [0.5, 0.6) is 0 Å². The van der Waals surface area contributed by atoms with Gasteiger partial charge in [0.25, 0.3) is 20.0 Å². The monoisotopic (exact) mass is 613 g/mol. The summed E-state index contributed by atoms with van der Waals surface area (Å²) in [5, 5.41) is 9.36. The van der Waals surface area contributed by atoms with Gasteiger partial charge < -0.3 is 14.2 Å². The Bertz CT molecular complexity index is 1710. The molecule has 2 aliphatic rings. The number of aromatic nitrogens is 3. The van der Waals surface area contributed by atoms with Gasteiger partial charge in [-0.15, -0.1) is 0 Å². The van der Waals surface area contributed by atoms with Crippen molar-refractivity contribution in [3.63, 3.8) is 0 Å². The summed E-state index contributed by atoms with van der Waals surface area (Å²) in [4.78, 5) is 21.7. The van der Waals surface area contributed by atoms with Crippen molar-refractivity contribution in [3.05, 3.63) is 66.2 Å². The van der Waals surface area contributed by atoms with Crippen molar-refractivity contribution in [2.75, 3.05) is 37.6 Å². The molecule has 42 heavy (non-hydrogen) atoms. The van der Waals surface area contributed by atoms with Crippen molar-refractivity contribution in [2.24, 2.45) is 13.0 Å². The number of piperidine rings is 1. The second-order valence-corrected chi connectivity index (χ2v) is 14.0. The number of ether oxygens (including phenoxy) is 1. The van der Waals surface area contributed by atoms with Crippen LogP contribution in [-0.2, 0) is 38.3 Å². The highest BCUT2D eigenvalue weighted by Gasteiger charge is 2.42. The Balaban J connectivity index is 1.56. The average molecular weight is 614 g/mol. The van der Waals surface area contributed by atoms with Crippen molar-refractivity contribution in [2.45, 2.75) is 35.4 Å². The molecule has 2 aliphatic heterocycles. The number of amides is 1. The smallest absolute Gasteiger partial charge is 0.409 e. The van der Waals surface area contributed by atoms with Crippen LogP contribution < -0.4 is 4.31 Å². The van der Waals surface area contributed by atoms with Gasteiger partial charge in [-0.2, -0.15) is 18.0 Å². The first-order valence-corrected chi connectivity index (χ1v) is 16.2. The van der Waals surface area contributed by atoms with Gasteiger partial charge in [0.15, 0.2) is 10.1 Å². The standard InChI is InChI=1S/C27H31N7O6S2/c1-31-19-29-16-26(31)42(38,39)34-18-23(14-22-13-21(15-28)6-7-24(22)34)33(41(36,37)25-5-3-4-10-30-25)17-20-8-11-32(12-9-20)27(35)40-2/h3-7,10,13,16,19-20,23H,8-9,11-12,14,17-18H2,1-2H3. The van der Waals surface area contributed by atoms with Crippen molar-refractivity contribution in [3.8, 4) is 6.07 Å². The number of aryl methyl sites for hydroxylation is 1. The van der Waals surface area contributed by atoms with Gasteiger partial charge in [0.05, 0.1) is 43.5 Å². The number of fused-ring (bicyclic) bond motifs is 1. The van der Waals surface area contributed by atoms with Gasteiger partial charge in [0, 0.05) is 38.9 Å². The number of sulfonamides is 2. The average Bonchev–Trinajstić information content (AvgIpc) is 3.45. The minimum absolute atomic E-state index is 0.0484. The maximum Gasteiger partial charge on any atom is 0.409 e. The lowest BCUT2D eigenvalue weighted by Crippen LogP contribution is -2.54. The van der Waals surface area contributed by atoms with Crippen LogP contribution in [0.1, 0.15) is 24.0 Å². The highest BCUT2D eigenvalue weighted by atomic mass is 32.2. The van der Waals surface area contributed by atoms with Gasteiger partial charge in [0.2, 0.25) is 0 Å². The summed E-state index contributed by atoms with van der Waals surface area (Å²) in [6.45, 7) is 0.772. The van der Waals surface area contributed by atoms with Gasteiger partial charge in [-0.25, -0.2) is 23.2 Å². The summed E-state index contributed by atoms with van der Waals surface area (Å²) < 4.78 is 65.0. The molecule has 1 saturated heterocycles. The second kappa shape index (κ2) is 11.7. The van der Waals surface area contributed by atoms with E-state index in [0.29, 0.717) is 42.7 Å². The molecule has 1 amide bonds. The number of anilines is 1. The lowest BCUT2D eigenvalue weighted by atomic mass is 9.94. The minimum Gasteiger partial charge on any atom is -0.453 e. The Morgan fingerprint density at radius 3 is 2.55 bits per heavy atom. The number of carbonyl (C=O) groups is 1. The van der Waals surface area contributed by atoms with E-state index >= 15 is 0 Å². The summed E-state index contributed by atoms with van der Waals surface area (Å²) in [7, 11) is -5.44. The van der Waals surface area contributed by atoms with Crippen LogP contribution in [0, 0.1) is 17.2 Å². The summed E-state index contributed by atoms with van der Waals surface area (Å²) in [6.07, 6.45) is 4.88. The van der Waals surface area contributed by atoms with Gasteiger partial charge in [0.1, 0.15) is 0 Å². The van der Waals surface area contributed by atoms with Crippen LogP contribution in [-0.4, -0.2) is 86.0 Å². The third kappa shape index (κ3) is 5.57. The molecule has 0 aliphatic carbocycles. The largest absolute Gasteiger partial charge is 0.453 e. The first kappa shape index (κ1) is 29.5. The molecule has 222 valence electrons. The zero-order valence-electron chi connectivity index (χ0n) is 23.2. The van der Waals surface area contributed by atoms with Gasteiger partial charge >= 0.3 is 6.09 Å². The molecule has 1 aromatic carbocycles. The number of nitrogens with zero attached hydrogens (tertiary/aromatic N) is 7. The Hall–Kier alpha value is -4.00. The Morgan fingerprint density at radius 2 is 1.93 bits per heavy atom. The second-order valence-electron chi connectivity index (χ2n) is 10.3. The van der Waals surface area contributed by atoms with Gasteiger partial charge in [-0.1, -0.05) is 6.07 Å². The summed E-state index contributed by atoms with van der Waals surface area (Å²) >= 11 is 0. The van der Waals surface area contributed by atoms with Crippen molar-refractivity contribution in [1.82, 2.24) is 23.7 Å². The topological polar surface area (TPSA) is 159 Å². The molecule has 0 N–H and O–H groups in total. The molecule has 0 spiro atoms. The van der Waals surface area contributed by atoms with E-state index in [9.17, 15) is 26.9 Å². The van der Waals surface area contributed by atoms with Crippen LogP contribution >= 0.6 is 0 Å². The number of methoxy groups -OCH3 is 1. The number of pyridine rings is 1. The van der Waals surface area contributed by atoms with Gasteiger partial charge in [-0.05, 0) is 61.1 Å². The molecule has 2 aromatic heterocycles. The van der Waals surface area contributed by atoms with Crippen molar-refractivity contribution < 1.29 is 26.4 Å². The van der Waals surface area contributed by atoms with E-state index in [1.165, 1.54) is 45.1 Å². The minimum atomic E-state index is -4.17. The molecule has 1 fully saturated rings. The molecule has 3 aromatic rings. The molecule has 1 unspecified atom stereocenters. The fourth-order valence-electron chi connectivity index (χ4n) is 5.54. The number of rotatable bonds is 7. The first-order chi connectivity index (χ1) is 20.1. The van der Waals surface area contributed by atoms with Crippen LogP contribution in [0.3, 0.4) is 0 Å². The number of hydrogen-bond donors (Lipinski definition) is 0. The molecule has 0 saturated carbocycles. The number of nitriles is 1. The van der Waals surface area contributed by atoms with Crippen LogP contribution in [0.25, 0.3) is 0 Å². The number of hydrogen-bond acceptors (Lipinski definition) is 9. The quantitative estimate of drug-likeness (QED) is 0.388. The van der Waals surface area contributed by atoms with Crippen LogP contribution in [0.4, 0.5) is 10.5 Å². The predicted octanol–water partition coefficient (Wildman–Crippen LogP) is 1.98. The summed E-state index contributed by atoms with van der Waals surface area (Å²) in [6, 6.07) is 10.6. The number of benzene rings is 1. The molecule has 1 atom stereocenters. The summed E-state index contributed by atoms with van der Waals surface area (Å²) in [5.74, 6) is -0.0987. The molecule has 15 heteroatoms. The number of imidazole rings is 1. The predicted molar refractivity (Wildman–Crippen MR) is 151 cm³/mol. The van der Waals surface area contributed by atoms with E-state index in [1.807, 2.05) is 0 Å². The number of carbonyl (C=O) groups excluding carboxylic acids is 1. The van der Waals surface area contributed by atoms with Gasteiger partial charge in [-0.3, -0.25) is 4.31 Å². The van der Waals surface area contributed by atoms with E-state index in [4.69, 9.17) is 4.74 Å². The molecule has 0 bridgehead atoms. The Labute approximate surface area is 245 Å². The highest BCUT2D eigenvalue weighted by molar-refractivity contribution is 7.92. The Morgan fingerprint density at radius 1 is 1.17 bits per heavy atom. The van der Waals surface area contributed by atoms with Crippen molar-refractivity contribution >= 4 is 31.8 Å². The van der Waals surface area contributed by atoms with Crippen LogP contribution in [0.2, 0.25) is 0 Å². The van der Waals surface area contributed by atoms with E-state index in [2.05, 4.69) is 16.0 Å². The SMILES string of the molecule is COC(=O)N1CCC(CN(C2Cc3cc(C#N)ccc3N(S(=O)(=O)c3cncn3C)C2)S(=O)(=O)c2ccccn2)CC1. The molecule has 5 rings (SSSR count).